The molecule has 4 aromatic rings. The lowest BCUT2D eigenvalue weighted by Crippen LogP contribution is -2.18. The van der Waals surface area contributed by atoms with Gasteiger partial charge in [-0.2, -0.15) is 23.4 Å². The van der Waals surface area contributed by atoms with Crippen molar-refractivity contribution in [1.82, 2.24) is 19.6 Å². The van der Waals surface area contributed by atoms with Gasteiger partial charge in [-0.05, 0) is 79.0 Å². The molecule has 3 fully saturated rings. The van der Waals surface area contributed by atoms with Gasteiger partial charge in [-0.25, -0.2) is 8.78 Å². The second kappa shape index (κ2) is 15.9. The van der Waals surface area contributed by atoms with E-state index in [1.54, 1.807) is 13.2 Å². The molecule has 0 spiro atoms. The van der Waals surface area contributed by atoms with Crippen molar-refractivity contribution in [2.24, 2.45) is 25.9 Å². The fourth-order valence-corrected chi connectivity index (χ4v) is 8.73. The highest BCUT2D eigenvalue weighted by Crippen LogP contribution is 2.54. The Hall–Kier alpha value is -3.71. The van der Waals surface area contributed by atoms with Gasteiger partial charge < -0.3 is 10.6 Å². The number of hydrogen-bond donors (Lipinski definition) is 2. The van der Waals surface area contributed by atoms with Crippen LogP contribution in [0.3, 0.4) is 0 Å². The van der Waals surface area contributed by atoms with Gasteiger partial charge >= 0.3 is 6.18 Å². The summed E-state index contributed by atoms with van der Waals surface area (Å²) in [5.74, 6) is 2.56. The van der Waals surface area contributed by atoms with E-state index in [4.69, 9.17) is 24.4 Å². The van der Waals surface area contributed by atoms with Crippen molar-refractivity contribution < 1.29 is 22.0 Å². The molecule has 2 aromatic carbocycles. The Morgan fingerprint density at radius 3 is 1.90 bits per heavy atom. The first-order valence-corrected chi connectivity index (χ1v) is 18.4. The number of para-hydroxylation sites is 2. The minimum Gasteiger partial charge on any atom is -0.346 e. The van der Waals surface area contributed by atoms with E-state index in [0.717, 1.165) is 46.3 Å². The molecule has 51 heavy (non-hydrogen) atoms. The van der Waals surface area contributed by atoms with E-state index in [0.29, 0.717) is 22.4 Å². The van der Waals surface area contributed by atoms with Crippen LogP contribution in [0, 0.1) is 11.8 Å². The zero-order chi connectivity index (χ0) is 36.3. The molecule has 2 heterocycles. The molecule has 0 amide bonds. The molecule has 3 atom stereocenters. The summed E-state index contributed by atoms with van der Waals surface area (Å²) in [5, 5.41) is 13.6. The fourth-order valence-electron chi connectivity index (χ4n) is 8.20. The van der Waals surface area contributed by atoms with Crippen molar-refractivity contribution in [2.75, 3.05) is 10.6 Å². The SMILES string of the molecule is Cn1cc(C(=S)Nc2ccccc2C2CC3CCC2C3)c(C(F)F)n1.Cn1cc(C(=S)Nc2ccccc2C2CCCCCC2)c(C(F)(F)F)n1. The third kappa shape index (κ3) is 8.68. The number of nitrogens with zero attached hydrogens (tertiary/aromatic N) is 4. The van der Waals surface area contributed by atoms with Crippen molar-refractivity contribution in [1.29, 1.82) is 0 Å². The van der Waals surface area contributed by atoms with E-state index in [1.165, 1.54) is 74.9 Å². The van der Waals surface area contributed by atoms with Gasteiger partial charge in [0, 0.05) is 37.9 Å². The number of hydrogen-bond acceptors (Lipinski definition) is 4. The van der Waals surface area contributed by atoms with Crippen molar-refractivity contribution >= 4 is 45.8 Å². The molecule has 7 rings (SSSR count). The van der Waals surface area contributed by atoms with E-state index in [1.807, 2.05) is 36.4 Å². The van der Waals surface area contributed by atoms with E-state index in [-0.39, 0.29) is 16.2 Å². The largest absolute Gasteiger partial charge is 0.435 e. The monoisotopic (exact) mass is 742 g/mol. The first-order valence-electron chi connectivity index (χ1n) is 17.6. The highest BCUT2D eigenvalue weighted by atomic mass is 32.1. The van der Waals surface area contributed by atoms with Crippen LogP contribution < -0.4 is 10.6 Å². The second-order valence-corrected chi connectivity index (χ2v) is 14.8. The number of fused-ring (bicyclic) bond motifs is 2. The van der Waals surface area contributed by atoms with Crippen LogP contribution in [0.15, 0.2) is 60.9 Å². The summed E-state index contributed by atoms with van der Waals surface area (Å²) in [7, 11) is 3.09. The van der Waals surface area contributed by atoms with Crippen LogP contribution in [0.25, 0.3) is 0 Å². The maximum absolute atomic E-state index is 13.2. The minimum absolute atomic E-state index is 0.0477. The molecule has 0 saturated heterocycles. The number of rotatable bonds is 7. The molecule has 3 saturated carbocycles. The van der Waals surface area contributed by atoms with Crippen molar-refractivity contribution in [3.8, 4) is 0 Å². The van der Waals surface area contributed by atoms with Crippen LogP contribution in [0.1, 0.15) is 116 Å². The number of benzene rings is 2. The quantitative estimate of drug-likeness (QED) is 0.112. The van der Waals surface area contributed by atoms with Gasteiger partial charge in [-0.1, -0.05) is 92.9 Å². The van der Waals surface area contributed by atoms with Gasteiger partial charge in [0.05, 0.1) is 11.1 Å². The minimum atomic E-state index is -4.54. The Morgan fingerprint density at radius 2 is 1.31 bits per heavy atom. The summed E-state index contributed by atoms with van der Waals surface area (Å²) in [6.45, 7) is 0. The van der Waals surface area contributed by atoms with Crippen molar-refractivity contribution in [3.63, 3.8) is 0 Å². The number of aromatic nitrogens is 4. The lowest BCUT2D eigenvalue weighted by molar-refractivity contribution is -0.141. The smallest absolute Gasteiger partial charge is 0.346 e. The molecule has 3 unspecified atom stereocenters. The lowest BCUT2D eigenvalue weighted by Gasteiger charge is -2.25. The fraction of sp³-hybridized carbons (Fsp3) is 0.474. The van der Waals surface area contributed by atoms with Crippen molar-refractivity contribution in [3.05, 3.63) is 94.6 Å². The highest BCUT2D eigenvalue weighted by molar-refractivity contribution is 7.81. The zero-order valence-electron chi connectivity index (χ0n) is 28.7. The molecular formula is C38H43F5N6S2. The molecule has 2 bridgehead atoms. The molecular weight excluding hydrogens is 700 g/mol. The van der Waals surface area contributed by atoms with E-state index in [9.17, 15) is 22.0 Å². The van der Waals surface area contributed by atoms with Crippen LogP contribution in [0.5, 0.6) is 0 Å². The highest BCUT2D eigenvalue weighted by Gasteiger charge is 2.41. The molecule has 0 radical (unpaired) electrons. The molecule has 3 aliphatic rings. The van der Waals surface area contributed by atoms with E-state index >= 15 is 0 Å². The lowest BCUT2D eigenvalue weighted by atomic mass is 9.82. The van der Waals surface area contributed by atoms with Gasteiger partial charge in [0.2, 0.25) is 0 Å². The maximum Gasteiger partial charge on any atom is 0.435 e. The van der Waals surface area contributed by atoms with Crippen LogP contribution in [0.2, 0.25) is 0 Å². The van der Waals surface area contributed by atoms with E-state index < -0.39 is 18.3 Å². The Kier molecular flexibility index (Phi) is 11.5. The summed E-state index contributed by atoms with van der Waals surface area (Å²) in [6, 6.07) is 15.9. The molecule has 6 nitrogen and oxygen atoms in total. The average Bonchev–Trinajstić information content (AvgIpc) is 3.87. The Bertz CT molecular complexity index is 1840. The summed E-state index contributed by atoms with van der Waals surface area (Å²) in [4.78, 5) is 0.352. The van der Waals surface area contributed by atoms with Gasteiger partial charge in [0.15, 0.2) is 5.69 Å². The summed E-state index contributed by atoms with van der Waals surface area (Å²) in [6.07, 6.45) is 7.95. The molecule has 3 aliphatic carbocycles. The summed E-state index contributed by atoms with van der Waals surface area (Å²) < 4.78 is 68.6. The number of nitrogens with one attached hydrogen (secondary N) is 2. The van der Waals surface area contributed by atoms with Gasteiger partial charge in [0.25, 0.3) is 6.43 Å². The van der Waals surface area contributed by atoms with Gasteiger partial charge in [0.1, 0.15) is 15.7 Å². The number of anilines is 2. The molecule has 13 heteroatoms. The number of aryl methyl sites for hydroxylation is 2. The molecule has 2 aromatic heterocycles. The molecule has 2 N–H and O–H groups in total. The number of halogens is 5. The third-order valence-corrected chi connectivity index (χ3v) is 11.1. The predicted octanol–water partition coefficient (Wildman–Crippen LogP) is 10.7. The van der Waals surface area contributed by atoms with E-state index in [2.05, 4.69) is 33.0 Å². The Labute approximate surface area is 306 Å². The average molecular weight is 743 g/mol. The van der Waals surface area contributed by atoms with Crippen LogP contribution in [-0.2, 0) is 20.3 Å². The molecule has 272 valence electrons. The van der Waals surface area contributed by atoms with Crippen molar-refractivity contribution in [2.45, 2.75) is 88.6 Å². The predicted molar refractivity (Wildman–Crippen MR) is 199 cm³/mol. The number of thiocarbonyl (C=S) groups is 2. The standard InChI is InChI=1S/C19H22F3N3S.C19H21F2N3S/c1-25-12-15(17(24-25)19(20,21)22)18(26)23-16-11-7-6-10-14(16)13-8-4-2-3-5-9-13;1-24-10-15(17(23-24)18(20)21)19(25)22-16-5-3-2-4-13(16)14-9-11-6-7-12(14)8-11/h6-7,10-13H,2-5,8-9H2,1H3,(H,23,26);2-5,10-12,14,18H,6-9H2,1H3,(H,22,25). The Morgan fingerprint density at radius 1 is 0.745 bits per heavy atom. The zero-order valence-corrected chi connectivity index (χ0v) is 30.4. The Balaban J connectivity index is 0.000000176. The third-order valence-electron chi connectivity index (χ3n) is 10.5. The second-order valence-electron chi connectivity index (χ2n) is 14.0. The normalized spacial score (nSPS) is 20.5. The maximum atomic E-state index is 13.2. The summed E-state index contributed by atoms with van der Waals surface area (Å²) >= 11 is 10.7. The van der Waals surface area contributed by atoms with Gasteiger partial charge in [-0.15, -0.1) is 0 Å². The van der Waals surface area contributed by atoms with Crippen LogP contribution >= 0.6 is 24.4 Å². The molecule has 0 aliphatic heterocycles. The number of alkyl halides is 5. The topological polar surface area (TPSA) is 59.7 Å². The van der Waals surface area contributed by atoms with Crippen LogP contribution in [0.4, 0.5) is 33.3 Å². The van der Waals surface area contributed by atoms with Gasteiger partial charge in [-0.3, -0.25) is 9.36 Å². The summed E-state index contributed by atoms with van der Waals surface area (Å²) in [5.41, 5.74) is 3.12. The first-order chi connectivity index (χ1) is 24.4. The first kappa shape index (κ1) is 37.1. The van der Waals surface area contributed by atoms with Crippen LogP contribution in [-0.4, -0.2) is 29.5 Å².